The Labute approximate surface area is 191 Å². The smallest absolute Gasteiger partial charge is 0.119 e. The highest BCUT2D eigenvalue weighted by Crippen LogP contribution is 2.35. The first-order chi connectivity index (χ1) is 15.2. The average molecular weight is 430 g/mol. The molecule has 3 aromatic rings. The normalized spacial score (nSPS) is 11.7. The van der Waals surface area contributed by atoms with Crippen molar-refractivity contribution in [1.29, 1.82) is 0 Å². The largest absolute Gasteiger partial charge is 0.492 e. The van der Waals surface area contributed by atoms with Gasteiger partial charge >= 0.3 is 0 Å². The predicted octanol–water partition coefficient (Wildman–Crippen LogP) is 6.22. The molecule has 0 aliphatic heterocycles. The number of halogens is 1. The highest BCUT2D eigenvalue weighted by molar-refractivity contribution is 6.18. The van der Waals surface area contributed by atoms with E-state index in [4.69, 9.17) is 22.8 Å². The Morgan fingerprint density at radius 2 is 1.45 bits per heavy atom. The van der Waals surface area contributed by atoms with Crippen LogP contribution in [0, 0.1) is 12.3 Å². The maximum atomic E-state index is 6.23. The zero-order valence-electron chi connectivity index (χ0n) is 17.9. The van der Waals surface area contributed by atoms with Crippen molar-refractivity contribution in [3.63, 3.8) is 0 Å². The Bertz CT molecular complexity index is 1000. The molecule has 0 spiro atoms. The molecule has 0 radical (unpaired) electrons. The first-order valence-electron chi connectivity index (χ1n) is 10.5. The summed E-state index contributed by atoms with van der Waals surface area (Å²) in [6.07, 6.45) is 6.14. The Balaban J connectivity index is 1.93. The Morgan fingerprint density at radius 3 is 2.03 bits per heavy atom. The lowest BCUT2D eigenvalue weighted by atomic mass is 9.88. The predicted molar refractivity (Wildman–Crippen MR) is 132 cm³/mol. The average Bonchev–Trinajstić information content (AvgIpc) is 2.81. The van der Waals surface area contributed by atoms with Crippen molar-refractivity contribution in [2.24, 2.45) is 0 Å². The van der Waals surface area contributed by atoms with E-state index in [1.54, 1.807) is 0 Å². The monoisotopic (exact) mass is 429 g/mol. The lowest BCUT2D eigenvalue weighted by Crippen LogP contribution is -2.24. The van der Waals surface area contributed by atoms with Crippen LogP contribution in [0.15, 0.2) is 84.9 Å². The van der Waals surface area contributed by atoms with Gasteiger partial charge in [-0.2, -0.15) is 0 Å². The summed E-state index contributed by atoms with van der Waals surface area (Å²) < 4.78 is 5.91. The third-order valence-electron chi connectivity index (χ3n) is 5.08. The van der Waals surface area contributed by atoms with Crippen molar-refractivity contribution >= 4 is 22.7 Å². The van der Waals surface area contributed by atoms with E-state index in [0.717, 1.165) is 24.3 Å². The minimum absolute atomic E-state index is 0.562. The quantitative estimate of drug-likeness (QED) is 0.215. The molecule has 3 heteroatoms. The van der Waals surface area contributed by atoms with E-state index in [0.29, 0.717) is 19.0 Å². The minimum Gasteiger partial charge on any atom is -0.492 e. The van der Waals surface area contributed by atoms with E-state index in [1.807, 2.05) is 31.3 Å². The van der Waals surface area contributed by atoms with Crippen LogP contribution < -0.4 is 4.74 Å². The summed E-state index contributed by atoms with van der Waals surface area (Å²) in [5, 5.41) is 0. The summed E-state index contributed by atoms with van der Waals surface area (Å²) in [6.45, 7) is 2.01. The topological polar surface area (TPSA) is 12.5 Å². The van der Waals surface area contributed by atoms with Crippen LogP contribution in [0.4, 0.5) is 0 Å². The van der Waals surface area contributed by atoms with Gasteiger partial charge in [0.15, 0.2) is 0 Å². The zero-order chi connectivity index (χ0) is 21.9. The number of likely N-dealkylation sites (N-methyl/N-ethyl adjacent to an activating group) is 1. The molecule has 0 atom stereocenters. The number of benzene rings is 3. The maximum Gasteiger partial charge on any atom is 0.119 e. The third-order valence-corrected chi connectivity index (χ3v) is 5.27. The second kappa shape index (κ2) is 12.0. The van der Waals surface area contributed by atoms with E-state index >= 15 is 0 Å². The molecule has 0 bridgehead atoms. The van der Waals surface area contributed by atoms with Crippen LogP contribution in [0.3, 0.4) is 0 Å². The van der Waals surface area contributed by atoms with Crippen LogP contribution in [0.2, 0.25) is 0 Å². The molecule has 0 unspecified atom stereocenters. The lowest BCUT2D eigenvalue weighted by molar-refractivity contribution is 0.251. The molecule has 31 heavy (non-hydrogen) atoms. The zero-order valence-corrected chi connectivity index (χ0v) is 18.7. The van der Waals surface area contributed by atoms with Gasteiger partial charge in [0.25, 0.3) is 0 Å². The number of hydrogen-bond donors (Lipinski definition) is 0. The van der Waals surface area contributed by atoms with Crippen LogP contribution >= 0.6 is 11.6 Å². The Kier molecular flexibility index (Phi) is 8.79. The van der Waals surface area contributed by atoms with E-state index in [1.165, 1.54) is 22.3 Å². The molecule has 0 heterocycles. The molecule has 3 rings (SSSR count). The van der Waals surface area contributed by atoms with Gasteiger partial charge in [-0.25, -0.2) is 0 Å². The highest BCUT2D eigenvalue weighted by Gasteiger charge is 2.14. The number of terminal acetylenes is 1. The van der Waals surface area contributed by atoms with Crippen LogP contribution in [0.25, 0.3) is 11.1 Å². The van der Waals surface area contributed by atoms with Gasteiger partial charge in [-0.3, -0.25) is 4.90 Å². The van der Waals surface area contributed by atoms with Gasteiger partial charge in [-0.1, -0.05) is 78.7 Å². The molecule has 0 saturated carbocycles. The van der Waals surface area contributed by atoms with Gasteiger partial charge in [0.05, 0.1) is 6.54 Å². The number of alkyl halides is 1. The van der Waals surface area contributed by atoms with Crippen molar-refractivity contribution < 1.29 is 4.74 Å². The van der Waals surface area contributed by atoms with Gasteiger partial charge in [0, 0.05) is 12.4 Å². The summed E-state index contributed by atoms with van der Waals surface area (Å²) in [7, 11) is 1.99. The van der Waals surface area contributed by atoms with Crippen molar-refractivity contribution in [1.82, 2.24) is 4.90 Å². The van der Waals surface area contributed by atoms with Gasteiger partial charge in [0.2, 0.25) is 0 Å². The van der Waals surface area contributed by atoms with Crippen LogP contribution in [0.1, 0.15) is 23.1 Å². The van der Waals surface area contributed by atoms with Crippen LogP contribution in [0.5, 0.6) is 5.75 Å². The molecule has 0 aliphatic carbocycles. The standard InChI is InChI=1S/C28H28ClNO/c1-3-20-30(2)21-22-31-26-16-14-25(15-17-26)28(24-12-8-5-9-13-24)27(18-19-29)23-10-6-4-7-11-23/h1,4-17H,18-22H2,2H3/b28-27-. The van der Waals surface area contributed by atoms with E-state index < -0.39 is 0 Å². The molecule has 0 fully saturated rings. The summed E-state index contributed by atoms with van der Waals surface area (Å²) in [6, 6.07) is 29.3. The maximum absolute atomic E-state index is 6.23. The minimum atomic E-state index is 0.562. The fraction of sp³-hybridized carbons (Fsp3) is 0.214. The summed E-state index contributed by atoms with van der Waals surface area (Å²) >= 11 is 6.23. The summed E-state index contributed by atoms with van der Waals surface area (Å²) in [5.74, 6) is 4.06. The molecule has 0 N–H and O–H groups in total. The molecule has 0 aromatic heterocycles. The molecular weight excluding hydrogens is 402 g/mol. The summed E-state index contributed by atoms with van der Waals surface area (Å²) in [5.41, 5.74) is 5.96. The van der Waals surface area contributed by atoms with Crippen molar-refractivity contribution in [2.75, 3.05) is 32.6 Å². The van der Waals surface area contributed by atoms with Gasteiger partial charge in [-0.15, -0.1) is 18.0 Å². The van der Waals surface area contributed by atoms with Crippen LogP contribution in [-0.4, -0.2) is 37.5 Å². The Hall–Kier alpha value is -2.99. The van der Waals surface area contributed by atoms with E-state index in [-0.39, 0.29) is 0 Å². The first-order valence-corrected chi connectivity index (χ1v) is 11.0. The molecular formula is C28H28ClNO. The fourth-order valence-corrected chi connectivity index (χ4v) is 3.73. The Morgan fingerprint density at radius 1 is 0.871 bits per heavy atom. The molecule has 158 valence electrons. The van der Waals surface area contributed by atoms with Gasteiger partial charge in [0.1, 0.15) is 12.4 Å². The van der Waals surface area contributed by atoms with E-state index in [9.17, 15) is 0 Å². The number of rotatable bonds is 10. The first kappa shape index (κ1) is 22.7. The third kappa shape index (κ3) is 6.49. The number of nitrogens with zero attached hydrogens (tertiary/aromatic N) is 1. The summed E-state index contributed by atoms with van der Waals surface area (Å²) in [4.78, 5) is 2.06. The fourth-order valence-electron chi connectivity index (χ4n) is 3.54. The molecule has 2 nitrogen and oxygen atoms in total. The van der Waals surface area contributed by atoms with Crippen molar-refractivity contribution in [2.45, 2.75) is 6.42 Å². The number of ether oxygens (including phenoxy) is 1. The second-order valence-corrected chi connectivity index (χ2v) is 7.72. The number of hydrogen-bond acceptors (Lipinski definition) is 2. The van der Waals surface area contributed by atoms with Gasteiger partial charge in [-0.05, 0) is 53.4 Å². The second-order valence-electron chi connectivity index (χ2n) is 7.34. The van der Waals surface area contributed by atoms with E-state index in [2.05, 4.69) is 71.5 Å². The molecule has 0 aliphatic rings. The lowest BCUT2D eigenvalue weighted by Gasteiger charge is -2.18. The number of allylic oxidation sites excluding steroid dienone is 1. The molecule has 3 aromatic carbocycles. The van der Waals surface area contributed by atoms with Crippen molar-refractivity contribution in [3.05, 3.63) is 102 Å². The van der Waals surface area contributed by atoms with Crippen molar-refractivity contribution in [3.8, 4) is 18.1 Å². The SMILES string of the molecule is C#CCN(C)CCOc1ccc(/C(=C(/CCCl)c2ccccc2)c2ccccc2)cc1. The van der Waals surface area contributed by atoms with Crippen LogP contribution in [-0.2, 0) is 0 Å². The highest BCUT2D eigenvalue weighted by atomic mass is 35.5. The van der Waals surface area contributed by atoms with Gasteiger partial charge < -0.3 is 4.74 Å². The molecule has 0 saturated heterocycles. The molecule has 0 amide bonds.